The van der Waals surface area contributed by atoms with Crippen molar-refractivity contribution in [1.82, 2.24) is 5.32 Å². The molecule has 0 aliphatic heterocycles. The summed E-state index contributed by atoms with van der Waals surface area (Å²) in [5, 5.41) is 8.16. The van der Waals surface area contributed by atoms with Crippen LogP contribution in [0, 0.1) is 5.82 Å². The summed E-state index contributed by atoms with van der Waals surface area (Å²) in [6.07, 6.45) is 0.849. The zero-order valence-corrected chi connectivity index (χ0v) is 16.5. The van der Waals surface area contributed by atoms with Crippen molar-refractivity contribution in [1.29, 1.82) is 0 Å². The number of para-hydroxylation sites is 1. The van der Waals surface area contributed by atoms with E-state index in [2.05, 4.69) is 16.0 Å². The number of anilines is 2. The van der Waals surface area contributed by atoms with Crippen molar-refractivity contribution in [3.05, 3.63) is 59.9 Å². The van der Waals surface area contributed by atoms with Crippen LogP contribution in [0.5, 0.6) is 0 Å². The minimum absolute atomic E-state index is 0.0768. The van der Waals surface area contributed by atoms with Gasteiger partial charge in [0.1, 0.15) is 5.82 Å². The van der Waals surface area contributed by atoms with Gasteiger partial charge in [-0.3, -0.25) is 14.4 Å². The number of amides is 3. The van der Waals surface area contributed by atoms with E-state index in [4.69, 9.17) is 0 Å². The summed E-state index contributed by atoms with van der Waals surface area (Å²) in [7, 11) is 1.75. The molecule has 2 aromatic carbocycles. The molecule has 2 aromatic rings. The van der Waals surface area contributed by atoms with E-state index < -0.39 is 11.7 Å². The summed E-state index contributed by atoms with van der Waals surface area (Å²) in [6, 6.07) is 12.0. The Hall–Kier alpha value is -3.26. The number of hydrogen-bond donors (Lipinski definition) is 4. The van der Waals surface area contributed by atoms with Gasteiger partial charge in [0.05, 0.1) is 18.3 Å². The maximum Gasteiger partial charge on any atom is 0.279 e. The Morgan fingerprint density at radius 1 is 0.931 bits per heavy atom. The van der Waals surface area contributed by atoms with Gasteiger partial charge in [-0.15, -0.1) is 0 Å². The molecular weight excluding hydrogens is 375 g/mol. The molecule has 0 aliphatic rings. The Labute approximate surface area is 169 Å². The molecule has 1 atom stereocenters. The first-order valence-corrected chi connectivity index (χ1v) is 9.42. The van der Waals surface area contributed by atoms with Crippen molar-refractivity contribution in [2.45, 2.75) is 13.3 Å². The Kier molecular flexibility index (Phi) is 8.29. The van der Waals surface area contributed by atoms with Gasteiger partial charge in [-0.05, 0) is 42.8 Å². The van der Waals surface area contributed by atoms with Gasteiger partial charge in [0.25, 0.3) is 17.7 Å². The van der Waals surface area contributed by atoms with E-state index in [0.29, 0.717) is 17.9 Å². The van der Waals surface area contributed by atoms with Crippen molar-refractivity contribution in [3.63, 3.8) is 0 Å². The highest BCUT2D eigenvalue weighted by Crippen LogP contribution is 2.17. The van der Waals surface area contributed by atoms with Gasteiger partial charge < -0.3 is 20.9 Å². The molecule has 3 amide bonds. The molecule has 0 saturated carbocycles. The predicted molar refractivity (Wildman–Crippen MR) is 109 cm³/mol. The monoisotopic (exact) mass is 401 g/mol. The lowest BCUT2D eigenvalue weighted by molar-refractivity contribution is -0.862. The summed E-state index contributed by atoms with van der Waals surface area (Å²) in [6.45, 7) is 2.83. The lowest BCUT2D eigenvalue weighted by atomic mass is 10.1. The maximum absolute atomic E-state index is 13.0. The average molecular weight is 401 g/mol. The fourth-order valence-corrected chi connectivity index (χ4v) is 2.65. The second-order valence-corrected chi connectivity index (χ2v) is 6.72. The van der Waals surface area contributed by atoms with E-state index >= 15 is 0 Å². The molecule has 154 valence electrons. The number of benzene rings is 2. The number of carbonyl (C=O) groups is 3. The molecule has 0 heterocycles. The van der Waals surface area contributed by atoms with E-state index in [-0.39, 0.29) is 30.5 Å². The van der Waals surface area contributed by atoms with Gasteiger partial charge in [0, 0.05) is 12.2 Å². The van der Waals surface area contributed by atoms with Crippen LogP contribution in [0.2, 0.25) is 0 Å². The second-order valence-electron chi connectivity index (χ2n) is 6.72. The Balaban J connectivity index is 1.97. The number of quaternary nitrogens is 1. The molecule has 2 rings (SSSR count). The number of rotatable bonds is 9. The molecule has 0 bridgehead atoms. The van der Waals surface area contributed by atoms with Gasteiger partial charge >= 0.3 is 0 Å². The molecular formula is C21H26FN4O3+. The van der Waals surface area contributed by atoms with Crippen molar-refractivity contribution in [3.8, 4) is 0 Å². The van der Waals surface area contributed by atoms with Crippen LogP contribution in [0.1, 0.15) is 23.7 Å². The first-order valence-electron chi connectivity index (χ1n) is 9.42. The second kappa shape index (κ2) is 10.9. The van der Waals surface area contributed by atoms with E-state index in [0.717, 1.165) is 11.3 Å². The van der Waals surface area contributed by atoms with Crippen molar-refractivity contribution >= 4 is 29.1 Å². The van der Waals surface area contributed by atoms with E-state index in [1.165, 1.54) is 24.3 Å². The standard InChI is InChI=1S/C21H25FN4O3/c1-3-12-23-19(27)13-26(2)14-20(28)25-18-7-5-4-6-17(18)21(29)24-16-10-8-15(22)9-11-16/h4-11H,3,12-14H2,1-2H3,(H,23,27)(H,24,29)(H,25,28)/p+1. The Morgan fingerprint density at radius 3 is 2.28 bits per heavy atom. The third kappa shape index (κ3) is 7.34. The first-order chi connectivity index (χ1) is 13.9. The van der Waals surface area contributed by atoms with Crippen LogP contribution < -0.4 is 20.9 Å². The van der Waals surface area contributed by atoms with Gasteiger partial charge in [0.15, 0.2) is 13.1 Å². The highest BCUT2D eigenvalue weighted by molar-refractivity contribution is 6.10. The van der Waals surface area contributed by atoms with Crippen molar-refractivity contribution < 1.29 is 23.7 Å². The summed E-state index contributed by atoms with van der Waals surface area (Å²) in [4.78, 5) is 37.4. The quantitative estimate of drug-likeness (QED) is 0.506. The number of halogens is 1. The zero-order chi connectivity index (χ0) is 21.2. The maximum atomic E-state index is 13.0. The topological polar surface area (TPSA) is 91.7 Å². The SMILES string of the molecule is CCCNC(=O)C[NH+](C)CC(=O)Nc1ccccc1C(=O)Nc1ccc(F)cc1. The van der Waals surface area contributed by atoms with E-state index in [9.17, 15) is 18.8 Å². The predicted octanol–water partition coefficient (Wildman–Crippen LogP) is 1.06. The van der Waals surface area contributed by atoms with Crippen molar-refractivity contribution in [2.24, 2.45) is 0 Å². The van der Waals surface area contributed by atoms with Crippen LogP contribution in [0.3, 0.4) is 0 Å². The first kappa shape index (κ1) is 22.0. The molecule has 4 N–H and O–H groups in total. The number of carbonyl (C=O) groups excluding carboxylic acids is 3. The van der Waals surface area contributed by atoms with Crippen LogP contribution in [0.4, 0.5) is 15.8 Å². The highest BCUT2D eigenvalue weighted by Gasteiger charge is 2.17. The lowest BCUT2D eigenvalue weighted by Gasteiger charge is -2.15. The largest absolute Gasteiger partial charge is 0.351 e. The molecule has 0 radical (unpaired) electrons. The normalized spacial score (nSPS) is 11.4. The Morgan fingerprint density at radius 2 is 1.59 bits per heavy atom. The molecule has 0 aliphatic carbocycles. The molecule has 8 heteroatoms. The fraction of sp³-hybridized carbons (Fsp3) is 0.286. The number of hydrogen-bond acceptors (Lipinski definition) is 3. The highest BCUT2D eigenvalue weighted by atomic mass is 19.1. The molecule has 0 aromatic heterocycles. The van der Waals surface area contributed by atoms with Gasteiger partial charge in [-0.2, -0.15) is 0 Å². The van der Waals surface area contributed by atoms with Crippen molar-refractivity contribution in [2.75, 3.05) is 37.3 Å². The van der Waals surface area contributed by atoms with Gasteiger partial charge in [-0.1, -0.05) is 19.1 Å². The molecule has 0 spiro atoms. The number of nitrogens with one attached hydrogen (secondary N) is 4. The smallest absolute Gasteiger partial charge is 0.279 e. The summed E-state index contributed by atoms with van der Waals surface area (Å²) >= 11 is 0. The average Bonchev–Trinajstić information content (AvgIpc) is 2.68. The van der Waals surface area contributed by atoms with Crippen LogP contribution >= 0.6 is 0 Å². The molecule has 0 fully saturated rings. The Bertz CT molecular complexity index is 855. The minimum Gasteiger partial charge on any atom is -0.351 e. The van der Waals surface area contributed by atoms with Crippen LogP contribution in [0.25, 0.3) is 0 Å². The third-order valence-corrected chi connectivity index (χ3v) is 4.04. The number of likely N-dealkylation sites (N-methyl/N-ethyl adjacent to an activating group) is 1. The zero-order valence-electron chi connectivity index (χ0n) is 16.5. The summed E-state index contributed by atoms with van der Waals surface area (Å²) in [5.41, 5.74) is 1.09. The van der Waals surface area contributed by atoms with Crippen LogP contribution in [0.15, 0.2) is 48.5 Å². The van der Waals surface area contributed by atoms with Crippen LogP contribution in [-0.2, 0) is 9.59 Å². The lowest BCUT2D eigenvalue weighted by Crippen LogP contribution is -3.11. The summed E-state index contributed by atoms with van der Waals surface area (Å²) in [5.74, 6) is -1.25. The molecule has 0 saturated heterocycles. The van der Waals surface area contributed by atoms with Gasteiger partial charge in [0.2, 0.25) is 0 Å². The minimum atomic E-state index is -0.424. The summed E-state index contributed by atoms with van der Waals surface area (Å²) < 4.78 is 13.0. The molecule has 7 nitrogen and oxygen atoms in total. The van der Waals surface area contributed by atoms with E-state index in [1.807, 2.05) is 6.92 Å². The van der Waals surface area contributed by atoms with Crippen LogP contribution in [-0.4, -0.2) is 44.4 Å². The van der Waals surface area contributed by atoms with E-state index in [1.54, 1.807) is 31.3 Å². The molecule has 1 unspecified atom stereocenters. The van der Waals surface area contributed by atoms with Gasteiger partial charge in [-0.25, -0.2) is 4.39 Å². The fourth-order valence-electron chi connectivity index (χ4n) is 2.65. The third-order valence-electron chi connectivity index (χ3n) is 4.04. The molecule has 29 heavy (non-hydrogen) atoms.